The minimum atomic E-state index is -0.240. The van der Waals surface area contributed by atoms with Gasteiger partial charge in [0.15, 0.2) is 0 Å². The Labute approximate surface area is 145 Å². The van der Waals surface area contributed by atoms with Gasteiger partial charge in [0.1, 0.15) is 5.82 Å². The van der Waals surface area contributed by atoms with E-state index in [2.05, 4.69) is 21.8 Å². The molecule has 1 aromatic carbocycles. The Hall–Kier alpha value is -1.04. The molecule has 1 N–H and O–H groups in total. The molecule has 0 radical (unpaired) electrons. The molecule has 3 nitrogen and oxygen atoms in total. The van der Waals surface area contributed by atoms with Gasteiger partial charge in [0.25, 0.3) is 0 Å². The standard InChI is InChI=1S/C17H21ClFN3S/c1-2-3-7-14(16-12(18)5-4-6-13(16)19)20-10-15-17(11-8-9-11)21-22-23-15/h4-6,11,14,20H,2-3,7-10H2,1H3/t14-/m0/s1. The average Bonchev–Trinajstić information content (AvgIpc) is 3.27. The molecule has 0 saturated heterocycles. The van der Waals surface area contributed by atoms with E-state index in [1.54, 1.807) is 12.1 Å². The van der Waals surface area contributed by atoms with Gasteiger partial charge >= 0.3 is 0 Å². The second-order valence-corrected chi connectivity index (χ2v) is 7.31. The van der Waals surface area contributed by atoms with Gasteiger partial charge in [0, 0.05) is 29.1 Å². The summed E-state index contributed by atoms with van der Waals surface area (Å²) in [5, 5.41) is 8.23. The number of rotatable bonds is 8. The lowest BCUT2D eigenvalue weighted by Gasteiger charge is -2.20. The summed E-state index contributed by atoms with van der Waals surface area (Å²) in [6.45, 7) is 2.81. The topological polar surface area (TPSA) is 37.8 Å². The molecule has 0 unspecified atom stereocenters. The van der Waals surface area contributed by atoms with Crippen LogP contribution in [0.15, 0.2) is 18.2 Å². The molecule has 0 spiro atoms. The largest absolute Gasteiger partial charge is 0.305 e. The zero-order valence-corrected chi connectivity index (χ0v) is 14.8. The first-order chi connectivity index (χ1) is 11.2. The lowest BCUT2D eigenvalue weighted by Crippen LogP contribution is -2.22. The van der Waals surface area contributed by atoms with E-state index >= 15 is 0 Å². The van der Waals surface area contributed by atoms with Crippen molar-refractivity contribution in [1.29, 1.82) is 0 Å². The second-order valence-electron chi connectivity index (χ2n) is 6.07. The third-order valence-corrected chi connectivity index (χ3v) is 5.32. The van der Waals surface area contributed by atoms with E-state index in [0.717, 1.165) is 25.0 Å². The van der Waals surface area contributed by atoms with Crippen LogP contribution in [0.4, 0.5) is 4.39 Å². The number of nitrogens with one attached hydrogen (secondary N) is 1. The normalized spacial score (nSPS) is 15.8. The van der Waals surface area contributed by atoms with E-state index in [4.69, 9.17) is 11.6 Å². The Bertz CT molecular complexity index is 637. The van der Waals surface area contributed by atoms with Gasteiger partial charge in [-0.05, 0) is 42.9 Å². The highest BCUT2D eigenvalue weighted by Crippen LogP contribution is 2.41. The molecule has 1 aliphatic rings. The first-order valence-corrected chi connectivity index (χ1v) is 9.34. The molecular formula is C17H21ClFN3S. The summed E-state index contributed by atoms with van der Waals surface area (Å²) < 4.78 is 18.3. The SMILES string of the molecule is CCCC[C@H](NCc1snnc1C1CC1)c1c(F)cccc1Cl. The van der Waals surface area contributed by atoms with Crippen molar-refractivity contribution in [2.24, 2.45) is 0 Å². The monoisotopic (exact) mass is 353 g/mol. The predicted molar refractivity (Wildman–Crippen MR) is 92.4 cm³/mol. The molecule has 2 aromatic rings. The van der Waals surface area contributed by atoms with Crippen molar-refractivity contribution < 1.29 is 4.39 Å². The molecular weight excluding hydrogens is 333 g/mol. The number of aromatic nitrogens is 2. The second kappa shape index (κ2) is 7.69. The Kier molecular flexibility index (Phi) is 5.62. The predicted octanol–water partition coefficient (Wildman–Crippen LogP) is 5.23. The summed E-state index contributed by atoms with van der Waals surface area (Å²) in [4.78, 5) is 1.17. The number of hydrogen-bond donors (Lipinski definition) is 1. The molecule has 1 aliphatic carbocycles. The van der Waals surface area contributed by atoms with E-state index in [1.165, 1.54) is 35.3 Å². The van der Waals surface area contributed by atoms with E-state index < -0.39 is 0 Å². The molecule has 1 heterocycles. The highest BCUT2D eigenvalue weighted by Gasteiger charge is 2.29. The first kappa shape index (κ1) is 16.8. The fraction of sp³-hybridized carbons (Fsp3) is 0.529. The maximum atomic E-state index is 14.3. The molecule has 3 rings (SSSR count). The van der Waals surface area contributed by atoms with Gasteiger partial charge in [-0.25, -0.2) is 4.39 Å². The lowest BCUT2D eigenvalue weighted by molar-refractivity contribution is 0.459. The number of halogens is 2. The third kappa shape index (κ3) is 4.08. The van der Waals surface area contributed by atoms with Crippen molar-refractivity contribution in [3.8, 4) is 0 Å². The molecule has 1 atom stereocenters. The van der Waals surface area contributed by atoms with Gasteiger partial charge in [0.2, 0.25) is 0 Å². The maximum absolute atomic E-state index is 14.3. The summed E-state index contributed by atoms with van der Waals surface area (Å²) in [5.41, 5.74) is 1.70. The molecule has 124 valence electrons. The van der Waals surface area contributed by atoms with Crippen molar-refractivity contribution in [3.63, 3.8) is 0 Å². The van der Waals surface area contributed by atoms with Crippen LogP contribution in [0.3, 0.4) is 0 Å². The number of nitrogens with zero attached hydrogens (tertiary/aromatic N) is 2. The molecule has 0 amide bonds. The van der Waals surface area contributed by atoms with Gasteiger partial charge in [-0.3, -0.25) is 0 Å². The number of hydrogen-bond acceptors (Lipinski definition) is 4. The van der Waals surface area contributed by atoms with Gasteiger partial charge in [0.05, 0.1) is 10.6 Å². The van der Waals surface area contributed by atoms with Crippen LogP contribution in [-0.2, 0) is 6.54 Å². The van der Waals surface area contributed by atoms with Gasteiger partial charge in [-0.1, -0.05) is 41.9 Å². The fourth-order valence-corrected chi connectivity index (χ4v) is 3.79. The third-order valence-electron chi connectivity index (χ3n) is 4.25. The minimum Gasteiger partial charge on any atom is -0.305 e. The molecule has 1 fully saturated rings. The highest BCUT2D eigenvalue weighted by molar-refractivity contribution is 7.05. The Morgan fingerprint density at radius 2 is 2.26 bits per heavy atom. The van der Waals surface area contributed by atoms with Crippen LogP contribution in [0.2, 0.25) is 5.02 Å². The summed E-state index contributed by atoms with van der Waals surface area (Å²) in [6, 6.07) is 4.80. The summed E-state index contributed by atoms with van der Waals surface area (Å²) in [7, 11) is 0. The van der Waals surface area contributed by atoms with Crippen LogP contribution in [0.1, 0.15) is 67.1 Å². The lowest BCUT2D eigenvalue weighted by atomic mass is 10.00. The first-order valence-electron chi connectivity index (χ1n) is 8.19. The van der Waals surface area contributed by atoms with Gasteiger partial charge in [-0.15, -0.1) is 5.10 Å². The Balaban J connectivity index is 1.75. The van der Waals surface area contributed by atoms with Crippen molar-refractivity contribution >= 4 is 23.1 Å². The van der Waals surface area contributed by atoms with E-state index in [1.807, 2.05) is 0 Å². The van der Waals surface area contributed by atoms with Crippen LogP contribution >= 0.6 is 23.1 Å². The quantitative estimate of drug-likeness (QED) is 0.706. The maximum Gasteiger partial charge on any atom is 0.129 e. The highest BCUT2D eigenvalue weighted by atomic mass is 35.5. The molecule has 0 aliphatic heterocycles. The van der Waals surface area contributed by atoms with Crippen molar-refractivity contribution in [3.05, 3.63) is 45.2 Å². The van der Waals surface area contributed by atoms with Crippen LogP contribution < -0.4 is 5.32 Å². The summed E-state index contributed by atoms with van der Waals surface area (Å²) in [6.07, 6.45) is 5.37. The zero-order valence-electron chi connectivity index (χ0n) is 13.2. The molecule has 0 bridgehead atoms. The molecule has 1 aromatic heterocycles. The Morgan fingerprint density at radius 3 is 2.96 bits per heavy atom. The van der Waals surface area contributed by atoms with E-state index in [9.17, 15) is 4.39 Å². The van der Waals surface area contributed by atoms with E-state index in [0.29, 0.717) is 23.0 Å². The molecule has 23 heavy (non-hydrogen) atoms. The van der Waals surface area contributed by atoms with Crippen molar-refractivity contribution in [1.82, 2.24) is 14.9 Å². The van der Waals surface area contributed by atoms with Gasteiger partial charge < -0.3 is 5.32 Å². The number of unbranched alkanes of at least 4 members (excludes halogenated alkanes) is 1. The smallest absolute Gasteiger partial charge is 0.129 e. The minimum absolute atomic E-state index is 0.0854. The number of benzene rings is 1. The molecule has 6 heteroatoms. The zero-order chi connectivity index (χ0) is 16.2. The van der Waals surface area contributed by atoms with E-state index in [-0.39, 0.29) is 11.9 Å². The van der Waals surface area contributed by atoms with Crippen LogP contribution in [0.5, 0.6) is 0 Å². The van der Waals surface area contributed by atoms with Crippen molar-refractivity contribution in [2.45, 2.75) is 57.5 Å². The summed E-state index contributed by atoms with van der Waals surface area (Å²) >= 11 is 7.69. The van der Waals surface area contributed by atoms with Crippen molar-refractivity contribution in [2.75, 3.05) is 0 Å². The molecule has 1 saturated carbocycles. The average molecular weight is 354 g/mol. The fourth-order valence-electron chi connectivity index (χ4n) is 2.82. The van der Waals surface area contributed by atoms with Crippen LogP contribution in [0.25, 0.3) is 0 Å². The Morgan fingerprint density at radius 1 is 1.43 bits per heavy atom. The van der Waals surface area contributed by atoms with Gasteiger partial charge in [-0.2, -0.15) is 0 Å². The van der Waals surface area contributed by atoms with Crippen LogP contribution in [0, 0.1) is 5.82 Å². The van der Waals surface area contributed by atoms with Crippen LogP contribution in [-0.4, -0.2) is 9.59 Å². The summed E-state index contributed by atoms with van der Waals surface area (Å²) in [5.74, 6) is 0.340.